The number of amides is 2. The van der Waals surface area contributed by atoms with E-state index in [2.05, 4.69) is 30.9 Å². The van der Waals surface area contributed by atoms with Crippen molar-refractivity contribution < 1.29 is 41.7 Å². The number of nitrogens with two attached hydrogens (primary N) is 1. The van der Waals surface area contributed by atoms with E-state index in [0.717, 1.165) is 18.4 Å². The van der Waals surface area contributed by atoms with Crippen LogP contribution in [0.5, 0.6) is 17.5 Å². The van der Waals surface area contributed by atoms with E-state index in [-0.39, 0.29) is 47.7 Å². The van der Waals surface area contributed by atoms with E-state index in [0.29, 0.717) is 57.1 Å². The number of anilines is 3. The third-order valence-electron chi connectivity index (χ3n) is 8.15. The molecule has 2 aromatic carbocycles. The van der Waals surface area contributed by atoms with Crippen molar-refractivity contribution in [1.82, 2.24) is 25.2 Å². The molecule has 5 N–H and O–H groups in total. The first kappa shape index (κ1) is 38.2. The highest BCUT2D eigenvalue weighted by molar-refractivity contribution is 5.97. The fourth-order valence-electron chi connectivity index (χ4n) is 5.16. The molecule has 2 aliphatic rings. The van der Waals surface area contributed by atoms with Gasteiger partial charge in [0.05, 0.1) is 18.8 Å². The van der Waals surface area contributed by atoms with Crippen LogP contribution in [0.25, 0.3) is 0 Å². The molecule has 282 valence electrons. The zero-order chi connectivity index (χ0) is 37.4. The van der Waals surface area contributed by atoms with Gasteiger partial charge in [0.2, 0.25) is 11.9 Å². The monoisotopic (exact) mass is 730 g/mol. The molecule has 1 aliphatic carbocycles. The van der Waals surface area contributed by atoms with Gasteiger partial charge < -0.3 is 45.5 Å². The molecule has 0 radical (unpaired) electrons. The highest BCUT2D eigenvalue weighted by atomic mass is 19.4. The van der Waals surface area contributed by atoms with Crippen LogP contribution in [0.3, 0.4) is 0 Å². The van der Waals surface area contributed by atoms with Gasteiger partial charge in [-0.15, -0.1) is 0 Å². The number of fused-ring (bicyclic) bond motifs is 6. The summed E-state index contributed by atoms with van der Waals surface area (Å²) in [6.45, 7) is 5.99. The third kappa shape index (κ3) is 11.7. The molecule has 0 saturated heterocycles. The molecule has 52 heavy (non-hydrogen) atoms. The zero-order valence-electron chi connectivity index (χ0n) is 29.5. The van der Waals surface area contributed by atoms with Gasteiger partial charge in [0.15, 0.2) is 6.61 Å². The Balaban J connectivity index is 1.44. The van der Waals surface area contributed by atoms with Crippen LogP contribution in [0.4, 0.5) is 35.5 Å². The lowest BCUT2D eigenvalue weighted by Crippen LogP contribution is -2.38. The summed E-state index contributed by atoms with van der Waals surface area (Å²) in [5, 5.41) is 8.92. The molecule has 17 heteroatoms. The fourth-order valence-corrected chi connectivity index (χ4v) is 5.16. The van der Waals surface area contributed by atoms with Gasteiger partial charge in [0.25, 0.3) is 5.91 Å². The predicted molar refractivity (Wildman–Crippen MR) is 186 cm³/mol. The van der Waals surface area contributed by atoms with Crippen LogP contribution < -0.4 is 35.9 Å². The summed E-state index contributed by atoms with van der Waals surface area (Å²) < 4.78 is 61.7. The molecule has 6 bridgehead atoms. The molecule has 1 aliphatic heterocycles. The smallest absolute Gasteiger partial charge is 0.422 e. The molecule has 2 amide bonds. The van der Waals surface area contributed by atoms with E-state index in [1.807, 2.05) is 6.07 Å². The van der Waals surface area contributed by atoms with Crippen molar-refractivity contribution in [2.45, 2.75) is 64.8 Å². The number of hydrogen-bond donors (Lipinski definition) is 4. The number of halogens is 3. The number of nitrogens with zero attached hydrogens (tertiary/aromatic N) is 4. The van der Waals surface area contributed by atoms with Crippen LogP contribution in [-0.4, -0.2) is 89.6 Å². The second kappa shape index (κ2) is 16.5. The Kier molecular flexibility index (Phi) is 12.1. The van der Waals surface area contributed by atoms with E-state index in [4.69, 9.17) is 24.7 Å². The van der Waals surface area contributed by atoms with Crippen molar-refractivity contribution in [3.8, 4) is 17.5 Å². The summed E-state index contributed by atoms with van der Waals surface area (Å²) in [4.78, 5) is 40.5. The molecular formula is C35H45F3N8O6. The van der Waals surface area contributed by atoms with Gasteiger partial charge in [-0.1, -0.05) is 12.1 Å². The first-order valence-corrected chi connectivity index (χ1v) is 17.1. The van der Waals surface area contributed by atoms with Crippen LogP contribution in [0.2, 0.25) is 0 Å². The van der Waals surface area contributed by atoms with Crippen LogP contribution in [0.15, 0.2) is 42.5 Å². The maximum Gasteiger partial charge on any atom is 0.422 e. The number of hydrogen-bond acceptors (Lipinski definition) is 12. The number of aromatic nitrogens is 3. The molecule has 0 atom stereocenters. The maximum atomic E-state index is 13.4. The Labute approximate surface area is 300 Å². The molecular weight excluding hydrogens is 685 g/mol. The zero-order valence-corrected chi connectivity index (χ0v) is 29.5. The molecule has 1 aromatic heterocycles. The van der Waals surface area contributed by atoms with Crippen LogP contribution >= 0.6 is 0 Å². The van der Waals surface area contributed by atoms with E-state index in [1.165, 1.54) is 0 Å². The van der Waals surface area contributed by atoms with Crippen molar-refractivity contribution in [3.05, 3.63) is 53.6 Å². The molecule has 0 unspecified atom stereocenters. The number of nitrogens with one attached hydrogen (secondary N) is 3. The molecule has 1 fully saturated rings. The van der Waals surface area contributed by atoms with E-state index in [9.17, 15) is 22.8 Å². The topological polar surface area (TPSA) is 175 Å². The van der Waals surface area contributed by atoms with Gasteiger partial charge in [-0.25, -0.2) is 4.79 Å². The minimum Gasteiger partial charge on any atom is -0.494 e. The standard InChI is InChI=1S/C35H45F3N8O6/c1-33(2,3)52-32(48)46-13-5-15-49-25-8-4-7-23(17-25)19-40-29-43-30(45-31(44-29)51-22-35(36,37)38)42-24-9-10-26(27(18-24)50-16-6-14-46)28(47)41-21-34(20-39)11-12-34/h4,7-10,17-18H,5-6,11-16,19-22,39H2,1-3H3,(H,41,47)(H2,40,42,43,44,45). The highest BCUT2D eigenvalue weighted by Gasteiger charge is 2.41. The Morgan fingerprint density at radius 1 is 1.00 bits per heavy atom. The summed E-state index contributed by atoms with van der Waals surface area (Å²) in [6, 6.07) is 11.4. The van der Waals surface area contributed by atoms with Gasteiger partial charge in [-0.05, 0) is 82.8 Å². The minimum atomic E-state index is -4.62. The summed E-state index contributed by atoms with van der Waals surface area (Å²) in [7, 11) is 0. The van der Waals surface area contributed by atoms with Gasteiger partial charge in [0.1, 0.15) is 17.1 Å². The van der Waals surface area contributed by atoms with Crippen molar-refractivity contribution in [2.24, 2.45) is 11.1 Å². The second-order valence-electron chi connectivity index (χ2n) is 13.8. The first-order valence-electron chi connectivity index (χ1n) is 17.1. The lowest BCUT2D eigenvalue weighted by Gasteiger charge is -2.27. The molecule has 1 saturated carbocycles. The summed E-state index contributed by atoms with van der Waals surface area (Å²) in [5.74, 6) is 0.288. The number of alkyl halides is 3. The Bertz CT molecular complexity index is 1700. The number of rotatable bonds is 6. The van der Waals surface area contributed by atoms with Crippen LogP contribution in [-0.2, 0) is 11.3 Å². The molecule has 14 nitrogen and oxygen atoms in total. The minimum absolute atomic E-state index is 0.0458. The van der Waals surface area contributed by atoms with Crippen LogP contribution in [0, 0.1) is 5.41 Å². The van der Waals surface area contributed by atoms with Crippen molar-refractivity contribution in [2.75, 3.05) is 56.6 Å². The Hall–Kier alpha value is -5.06. The maximum absolute atomic E-state index is 13.4. The van der Waals surface area contributed by atoms with E-state index < -0.39 is 30.5 Å². The average molecular weight is 731 g/mol. The SMILES string of the molecule is CC(C)(C)OC(=O)N1CCCOc2cccc(c2)CNc2nc(nc(OCC(F)(F)F)n2)Nc2ccc(C(=O)NCC3(CN)CC3)c(c2)OCCC1. The van der Waals surface area contributed by atoms with Crippen molar-refractivity contribution >= 4 is 29.6 Å². The fraction of sp³-hybridized carbons (Fsp3) is 0.514. The number of benzene rings is 2. The second-order valence-corrected chi connectivity index (χ2v) is 13.8. The van der Waals surface area contributed by atoms with E-state index in [1.54, 1.807) is 62.1 Å². The lowest BCUT2D eigenvalue weighted by molar-refractivity contribution is -0.154. The van der Waals surface area contributed by atoms with Gasteiger partial charge in [-0.2, -0.15) is 28.1 Å². The predicted octanol–water partition coefficient (Wildman–Crippen LogP) is 5.43. The summed E-state index contributed by atoms with van der Waals surface area (Å²) in [5.41, 5.74) is 6.52. The van der Waals surface area contributed by atoms with Gasteiger partial charge in [-0.3, -0.25) is 4.79 Å². The summed E-state index contributed by atoms with van der Waals surface area (Å²) in [6.07, 6.45) is -2.31. The first-order chi connectivity index (χ1) is 24.7. The highest BCUT2D eigenvalue weighted by Crippen LogP contribution is 2.43. The normalized spacial score (nSPS) is 16.4. The van der Waals surface area contributed by atoms with Crippen molar-refractivity contribution in [3.63, 3.8) is 0 Å². The number of ether oxygens (including phenoxy) is 4. The molecule has 2 heterocycles. The van der Waals surface area contributed by atoms with Gasteiger partial charge in [0, 0.05) is 43.3 Å². The molecule has 3 aromatic rings. The summed E-state index contributed by atoms with van der Waals surface area (Å²) >= 11 is 0. The quantitative estimate of drug-likeness (QED) is 0.254. The average Bonchev–Trinajstić information content (AvgIpc) is 3.87. The largest absolute Gasteiger partial charge is 0.494 e. The Morgan fingerprint density at radius 3 is 2.42 bits per heavy atom. The van der Waals surface area contributed by atoms with Gasteiger partial charge >= 0.3 is 18.3 Å². The lowest BCUT2D eigenvalue weighted by atomic mass is 10.1. The number of carbonyl (C=O) groups is 2. The van der Waals surface area contributed by atoms with E-state index >= 15 is 0 Å². The number of carbonyl (C=O) groups excluding carboxylic acids is 2. The molecule has 5 rings (SSSR count). The van der Waals surface area contributed by atoms with Crippen molar-refractivity contribution in [1.29, 1.82) is 0 Å². The molecule has 0 spiro atoms. The third-order valence-corrected chi connectivity index (χ3v) is 8.15. The van der Waals surface area contributed by atoms with Crippen LogP contribution in [0.1, 0.15) is 62.4 Å². The Morgan fingerprint density at radius 2 is 1.73 bits per heavy atom.